The van der Waals surface area contributed by atoms with Gasteiger partial charge in [0, 0.05) is 26.2 Å². The van der Waals surface area contributed by atoms with Gasteiger partial charge in [0.1, 0.15) is 0 Å². The van der Waals surface area contributed by atoms with Gasteiger partial charge in [0.2, 0.25) is 0 Å². The highest BCUT2D eigenvalue weighted by Crippen LogP contribution is 2.14. The molecule has 0 radical (unpaired) electrons. The molecule has 1 heterocycles. The fourth-order valence-corrected chi connectivity index (χ4v) is 3.34. The minimum Gasteiger partial charge on any atom is -0.449 e. The van der Waals surface area contributed by atoms with Crippen LogP contribution in [0.2, 0.25) is 0 Å². The van der Waals surface area contributed by atoms with Crippen LogP contribution in [0.4, 0.5) is 0 Å². The zero-order valence-corrected chi connectivity index (χ0v) is 17.7. The molecule has 6 heteroatoms. The second-order valence-corrected chi connectivity index (χ2v) is 7.69. The van der Waals surface area contributed by atoms with E-state index in [0.29, 0.717) is 12.1 Å². The monoisotopic (exact) mass is 410 g/mol. The van der Waals surface area contributed by atoms with E-state index in [9.17, 15) is 9.59 Å². The number of morpholine rings is 1. The molecule has 1 amide bonds. The predicted octanol–water partition coefficient (Wildman–Crippen LogP) is 2.98. The van der Waals surface area contributed by atoms with Gasteiger partial charge < -0.3 is 14.8 Å². The number of hydrogen-bond acceptors (Lipinski definition) is 5. The minimum absolute atomic E-state index is 0.178. The Hall–Kier alpha value is -2.70. The average Bonchev–Trinajstić information content (AvgIpc) is 2.79. The molecule has 1 aliphatic rings. The molecule has 1 saturated heterocycles. The van der Waals surface area contributed by atoms with E-state index in [4.69, 9.17) is 9.47 Å². The minimum atomic E-state index is -0.853. The number of hydrogen-bond donors (Lipinski definition) is 1. The number of nitrogens with one attached hydrogen (secondary N) is 1. The highest BCUT2D eigenvalue weighted by molar-refractivity contribution is 5.92. The number of amides is 1. The van der Waals surface area contributed by atoms with Crippen LogP contribution in [-0.2, 0) is 20.8 Å². The van der Waals surface area contributed by atoms with Crippen LogP contribution in [0.15, 0.2) is 54.6 Å². The molecule has 0 bridgehead atoms. The van der Waals surface area contributed by atoms with E-state index < -0.39 is 12.1 Å². The first kappa shape index (κ1) is 22.0. The van der Waals surface area contributed by atoms with Gasteiger partial charge in [-0.2, -0.15) is 0 Å². The molecule has 0 aromatic heterocycles. The van der Waals surface area contributed by atoms with E-state index in [2.05, 4.69) is 10.2 Å². The third-order valence-corrected chi connectivity index (χ3v) is 5.30. The summed E-state index contributed by atoms with van der Waals surface area (Å²) in [5, 5.41) is 2.86. The predicted molar refractivity (Wildman–Crippen MR) is 115 cm³/mol. The van der Waals surface area contributed by atoms with Crippen LogP contribution in [-0.4, -0.2) is 55.7 Å². The van der Waals surface area contributed by atoms with E-state index in [1.807, 2.05) is 49.4 Å². The van der Waals surface area contributed by atoms with Crippen LogP contribution in [0.1, 0.15) is 41.3 Å². The first-order chi connectivity index (χ1) is 14.5. The largest absolute Gasteiger partial charge is 0.449 e. The fraction of sp³-hybridized carbons (Fsp3) is 0.417. The number of carbonyl (C=O) groups excluding carboxylic acids is 2. The number of esters is 1. The molecular formula is C24H30N2O4. The van der Waals surface area contributed by atoms with Crippen LogP contribution in [0.5, 0.6) is 0 Å². The van der Waals surface area contributed by atoms with Crippen LogP contribution in [0, 0.1) is 0 Å². The van der Waals surface area contributed by atoms with E-state index in [1.54, 1.807) is 19.1 Å². The lowest BCUT2D eigenvalue weighted by Crippen LogP contribution is -2.37. The van der Waals surface area contributed by atoms with Gasteiger partial charge in [0.05, 0.1) is 18.8 Å². The van der Waals surface area contributed by atoms with Crippen molar-refractivity contribution in [3.8, 4) is 0 Å². The number of benzene rings is 2. The highest BCUT2D eigenvalue weighted by atomic mass is 16.5. The molecule has 2 atom stereocenters. The van der Waals surface area contributed by atoms with Crippen LogP contribution in [0.25, 0.3) is 0 Å². The quantitative estimate of drug-likeness (QED) is 0.678. The lowest BCUT2D eigenvalue weighted by molar-refractivity contribution is -0.129. The number of nitrogens with zero attached hydrogens (tertiary/aromatic N) is 1. The first-order valence-electron chi connectivity index (χ1n) is 10.5. The first-order valence-corrected chi connectivity index (χ1v) is 10.5. The molecule has 2 aromatic carbocycles. The molecule has 1 N–H and O–H groups in total. The summed E-state index contributed by atoms with van der Waals surface area (Å²) >= 11 is 0. The fourth-order valence-electron chi connectivity index (χ4n) is 3.34. The van der Waals surface area contributed by atoms with Crippen molar-refractivity contribution >= 4 is 11.9 Å². The van der Waals surface area contributed by atoms with E-state index in [-0.39, 0.29) is 11.8 Å². The maximum absolute atomic E-state index is 12.4. The van der Waals surface area contributed by atoms with Crippen LogP contribution in [0.3, 0.4) is 0 Å². The number of ether oxygens (including phenoxy) is 2. The Morgan fingerprint density at radius 3 is 2.37 bits per heavy atom. The summed E-state index contributed by atoms with van der Waals surface area (Å²) in [6.07, 6.45) is -0.853. The Labute approximate surface area is 178 Å². The zero-order valence-electron chi connectivity index (χ0n) is 17.7. The topological polar surface area (TPSA) is 67.9 Å². The lowest BCUT2D eigenvalue weighted by Gasteiger charge is -2.26. The van der Waals surface area contributed by atoms with Crippen molar-refractivity contribution in [2.45, 2.75) is 32.4 Å². The van der Waals surface area contributed by atoms with Crippen molar-refractivity contribution in [2.24, 2.45) is 0 Å². The van der Waals surface area contributed by atoms with E-state index in [1.165, 1.54) is 0 Å². The summed E-state index contributed by atoms with van der Waals surface area (Å²) < 4.78 is 10.7. The Morgan fingerprint density at radius 1 is 1.03 bits per heavy atom. The molecule has 0 spiro atoms. The van der Waals surface area contributed by atoms with Crippen molar-refractivity contribution in [1.82, 2.24) is 10.2 Å². The van der Waals surface area contributed by atoms with Gasteiger partial charge in [-0.05, 0) is 36.1 Å². The summed E-state index contributed by atoms with van der Waals surface area (Å²) in [4.78, 5) is 27.0. The number of rotatable bonds is 8. The SMILES string of the molecule is C[C@H](OC(=O)c1ccc(CN2CCOCC2)cc1)C(=O)NC[C@@H](C)c1ccccc1. The highest BCUT2D eigenvalue weighted by Gasteiger charge is 2.20. The third kappa shape index (κ3) is 6.40. The van der Waals surface area contributed by atoms with Crippen molar-refractivity contribution in [1.29, 1.82) is 0 Å². The average molecular weight is 411 g/mol. The maximum atomic E-state index is 12.4. The second kappa shape index (κ2) is 10.9. The van der Waals surface area contributed by atoms with Crippen molar-refractivity contribution in [3.05, 3.63) is 71.3 Å². The summed E-state index contributed by atoms with van der Waals surface area (Å²) in [7, 11) is 0. The van der Waals surface area contributed by atoms with Crippen LogP contribution >= 0.6 is 0 Å². The third-order valence-electron chi connectivity index (χ3n) is 5.30. The summed E-state index contributed by atoms with van der Waals surface area (Å²) in [6.45, 7) is 8.30. The van der Waals surface area contributed by atoms with Gasteiger partial charge >= 0.3 is 5.97 Å². The van der Waals surface area contributed by atoms with Gasteiger partial charge in [-0.25, -0.2) is 4.79 Å². The Balaban J connectivity index is 1.45. The van der Waals surface area contributed by atoms with Gasteiger partial charge in [0.25, 0.3) is 5.91 Å². The summed E-state index contributed by atoms with van der Waals surface area (Å²) in [5.41, 5.74) is 2.73. The lowest BCUT2D eigenvalue weighted by atomic mass is 10.0. The normalized spacial score (nSPS) is 16.5. The molecule has 2 aromatic rings. The summed E-state index contributed by atoms with van der Waals surface area (Å²) in [6, 6.07) is 17.3. The molecule has 1 fully saturated rings. The summed E-state index contributed by atoms with van der Waals surface area (Å²) in [5.74, 6) is -0.612. The van der Waals surface area contributed by atoms with E-state index >= 15 is 0 Å². The molecular weight excluding hydrogens is 380 g/mol. The maximum Gasteiger partial charge on any atom is 0.338 e. The molecule has 0 aliphatic carbocycles. The Bertz CT molecular complexity index is 817. The standard InChI is InChI=1S/C24H30N2O4/c1-18(21-6-4-3-5-7-21)16-25-23(27)19(2)30-24(28)22-10-8-20(9-11-22)17-26-12-14-29-15-13-26/h3-11,18-19H,12-17H2,1-2H3,(H,25,27)/t18-,19+/m1/s1. The zero-order chi connectivity index (χ0) is 21.3. The molecule has 30 heavy (non-hydrogen) atoms. The van der Waals surface area contributed by atoms with Gasteiger partial charge in [-0.3, -0.25) is 9.69 Å². The molecule has 3 rings (SSSR count). The van der Waals surface area contributed by atoms with Gasteiger partial charge in [0.15, 0.2) is 6.10 Å². The van der Waals surface area contributed by atoms with Crippen molar-refractivity contribution < 1.29 is 19.1 Å². The molecule has 0 saturated carbocycles. The van der Waals surface area contributed by atoms with Crippen molar-refractivity contribution in [2.75, 3.05) is 32.8 Å². The van der Waals surface area contributed by atoms with E-state index in [0.717, 1.165) is 44.0 Å². The second-order valence-electron chi connectivity index (χ2n) is 7.69. The molecule has 0 unspecified atom stereocenters. The Kier molecular flexibility index (Phi) is 7.99. The molecule has 6 nitrogen and oxygen atoms in total. The van der Waals surface area contributed by atoms with Crippen LogP contribution < -0.4 is 5.32 Å². The number of carbonyl (C=O) groups is 2. The Morgan fingerprint density at radius 2 is 1.70 bits per heavy atom. The molecule has 1 aliphatic heterocycles. The smallest absolute Gasteiger partial charge is 0.338 e. The van der Waals surface area contributed by atoms with Gasteiger partial charge in [-0.1, -0.05) is 49.4 Å². The molecule has 160 valence electrons. The van der Waals surface area contributed by atoms with Gasteiger partial charge in [-0.15, -0.1) is 0 Å². The van der Waals surface area contributed by atoms with Crippen molar-refractivity contribution in [3.63, 3.8) is 0 Å².